The quantitative estimate of drug-likeness (QED) is 0.593. The number of hydrogen-bond donors (Lipinski definition) is 2. The molecule has 0 fully saturated rings. The zero-order chi connectivity index (χ0) is 18.9. The van der Waals surface area contributed by atoms with Crippen LogP contribution in [0.2, 0.25) is 0 Å². The maximum absolute atomic E-state index is 12.6. The molecule has 0 saturated carbocycles. The first-order chi connectivity index (χ1) is 12.3. The highest BCUT2D eigenvalue weighted by molar-refractivity contribution is 7.99. The molecule has 12 heteroatoms. The molecular formula is C14H14F3N5O3S. The van der Waals surface area contributed by atoms with Gasteiger partial charge in [0.05, 0.1) is 11.8 Å². The third-order valence-electron chi connectivity index (χ3n) is 3.52. The van der Waals surface area contributed by atoms with E-state index in [2.05, 4.69) is 15.5 Å². The molecule has 0 spiro atoms. The monoisotopic (exact) mass is 389 g/mol. The van der Waals surface area contributed by atoms with Crippen molar-refractivity contribution in [2.45, 2.75) is 24.3 Å². The number of thioether (sulfide) groups is 1. The number of nitrogens with two attached hydrogens (primary N) is 1. The highest BCUT2D eigenvalue weighted by atomic mass is 32.2. The van der Waals surface area contributed by atoms with Crippen LogP contribution in [0.1, 0.15) is 24.4 Å². The number of nitrogens with zero attached hydrogens (tertiary/aromatic N) is 3. The SMILES string of the molecule is C[C@H](NC(=O)CSc1nnc(C(F)(F)F)n1N)c1ccc2c(c1)OCO2. The molecule has 8 nitrogen and oxygen atoms in total. The minimum absolute atomic E-state index is 0.149. The highest BCUT2D eigenvalue weighted by Gasteiger charge is 2.38. The third-order valence-corrected chi connectivity index (χ3v) is 4.47. The fraction of sp³-hybridized carbons (Fsp3) is 0.357. The Balaban J connectivity index is 1.57. The van der Waals surface area contributed by atoms with E-state index in [1.807, 2.05) is 0 Å². The summed E-state index contributed by atoms with van der Waals surface area (Å²) < 4.78 is 48.6. The summed E-state index contributed by atoms with van der Waals surface area (Å²) >= 11 is 0.757. The number of nitrogens with one attached hydrogen (secondary N) is 1. The zero-order valence-corrected chi connectivity index (χ0v) is 14.2. The van der Waals surface area contributed by atoms with Crippen molar-refractivity contribution in [2.75, 3.05) is 18.4 Å². The van der Waals surface area contributed by atoms with Crippen molar-refractivity contribution in [2.24, 2.45) is 0 Å². The van der Waals surface area contributed by atoms with Crippen molar-refractivity contribution >= 4 is 17.7 Å². The van der Waals surface area contributed by atoms with Crippen LogP contribution >= 0.6 is 11.8 Å². The molecule has 1 atom stereocenters. The van der Waals surface area contributed by atoms with Crippen LogP contribution in [0.3, 0.4) is 0 Å². The summed E-state index contributed by atoms with van der Waals surface area (Å²) in [5, 5.41) is 8.87. The van der Waals surface area contributed by atoms with E-state index in [0.717, 1.165) is 17.3 Å². The van der Waals surface area contributed by atoms with E-state index in [-0.39, 0.29) is 23.7 Å². The minimum atomic E-state index is -4.71. The molecule has 0 unspecified atom stereocenters. The lowest BCUT2D eigenvalue weighted by Crippen LogP contribution is -2.28. The van der Waals surface area contributed by atoms with Crippen molar-refractivity contribution in [3.05, 3.63) is 29.6 Å². The Morgan fingerprint density at radius 1 is 1.38 bits per heavy atom. The summed E-state index contributed by atoms with van der Waals surface area (Å²) in [6, 6.07) is 4.95. The molecule has 0 bridgehead atoms. The van der Waals surface area contributed by atoms with E-state index in [4.69, 9.17) is 15.3 Å². The molecule has 2 aromatic rings. The van der Waals surface area contributed by atoms with E-state index >= 15 is 0 Å². The Kier molecular flexibility index (Phi) is 4.85. The van der Waals surface area contributed by atoms with Gasteiger partial charge >= 0.3 is 6.18 Å². The van der Waals surface area contributed by atoms with Gasteiger partial charge < -0.3 is 20.6 Å². The smallest absolute Gasteiger partial charge is 0.453 e. The third kappa shape index (κ3) is 3.79. The summed E-state index contributed by atoms with van der Waals surface area (Å²) in [4.78, 5) is 12.0. The lowest BCUT2D eigenvalue weighted by molar-refractivity contribution is -0.146. The molecular weight excluding hydrogens is 375 g/mol. The Labute approximate surface area is 149 Å². The molecule has 0 aliphatic carbocycles. The van der Waals surface area contributed by atoms with Gasteiger partial charge in [-0.3, -0.25) is 4.79 Å². The van der Waals surface area contributed by atoms with Crippen LogP contribution in [0.25, 0.3) is 0 Å². The first-order valence-corrected chi connectivity index (χ1v) is 8.33. The van der Waals surface area contributed by atoms with Gasteiger partial charge in [0, 0.05) is 0 Å². The molecule has 0 radical (unpaired) electrons. The highest BCUT2D eigenvalue weighted by Crippen LogP contribution is 2.34. The molecule has 1 aliphatic rings. The maximum Gasteiger partial charge on any atom is 0.453 e. The lowest BCUT2D eigenvalue weighted by atomic mass is 10.1. The number of aromatic nitrogens is 3. The van der Waals surface area contributed by atoms with Gasteiger partial charge in [-0.05, 0) is 24.6 Å². The van der Waals surface area contributed by atoms with Gasteiger partial charge in [-0.15, -0.1) is 10.2 Å². The summed E-state index contributed by atoms with van der Waals surface area (Å²) in [6.45, 7) is 1.92. The lowest BCUT2D eigenvalue weighted by Gasteiger charge is -2.14. The Bertz CT molecular complexity index is 827. The van der Waals surface area contributed by atoms with Crippen LogP contribution in [0.5, 0.6) is 11.5 Å². The van der Waals surface area contributed by atoms with Gasteiger partial charge in [-0.2, -0.15) is 13.2 Å². The van der Waals surface area contributed by atoms with E-state index in [9.17, 15) is 18.0 Å². The summed E-state index contributed by atoms with van der Waals surface area (Å²) in [7, 11) is 0. The van der Waals surface area contributed by atoms with E-state index < -0.39 is 17.9 Å². The van der Waals surface area contributed by atoms with Crippen molar-refractivity contribution in [3.8, 4) is 11.5 Å². The Morgan fingerprint density at radius 3 is 2.81 bits per heavy atom. The predicted molar refractivity (Wildman–Crippen MR) is 85.0 cm³/mol. The number of fused-ring (bicyclic) bond motifs is 1. The normalized spacial score (nSPS) is 14.3. The Hall–Kier alpha value is -2.63. The van der Waals surface area contributed by atoms with Gasteiger partial charge in [-0.25, -0.2) is 4.68 Å². The number of benzene rings is 1. The van der Waals surface area contributed by atoms with E-state index in [1.165, 1.54) is 0 Å². The molecule has 1 aliphatic heterocycles. The largest absolute Gasteiger partial charge is 0.454 e. The second-order valence-corrected chi connectivity index (χ2v) is 6.31. The fourth-order valence-corrected chi connectivity index (χ4v) is 2.92. The molecule has 1 aromatic heterocycles. The van der Waals surface area contributed by atoms with Gasteiger partial charge in [0.2, 0.25) is 17.9 Å². The molecule has 26 heavy (non-hydrogen) atoms. The zero-order valence-electron chi connectivity index (χ0n) is 13.4. The fourth-order valence-electron chi connectivity index (χ4n) is 2.25. The van der Waals surface area contributed by atoms with Crippen LogP contribution in [0.4, 0.5) is 13.2 Å². The van der Waals surface area contributed by atoms with Gasteiger partial charge in [0.15, 0.2) is 11.5 Å². The molecule has 1 amide bonds. The number of alkyl halides is 3. The molecule has 3 rings (SSSR count). The summed E-state index contributed by atoms with van der Waals surface area (Å²) in [6.07, 6.45) is -4.71. The topological polar surface area (TPSA) is 104 Å². The standard InChI is InChI=1S/C14H14F3N5O3S/c1-7(8-2-3-9-10(4-8)25-6-24-9)19-11(23)5-26-13-21-20-12(22(13)18)14(15,16)17/h2-4,7H,5-6,18H2,1H3,(H,19,23)/t7-/m0/s1. The molecule has 1 aromatic carbocycles. The summed E-state index contributed by atoms with van der Waals surface area (Å²) in [5.41, 5.74) is 0.800. The van der Waals surface area contributed by atoms with Crippen LogP contribution in [-0.2, 0) is 11.0 Å². The van der Waals surface area contributed by atoms with Crippen LogP contribution in [-0.4, -0.2) is 33.3 Å². The number of halogens is 3. The molecule has 140 valence electrons. The van der Waals surface area contributed by atoms with Crippen molar-refractivity contribution < 1.29 is 27.4 Å². The van der Waals surface area contributed by atoms with E-state index in [1.54, 1.807) is 25.1 Å². The number of carbonyl (C=O) groups is 1. The van der Waals surface area contributed by atoms with Crippen LogP contribution < -0.4 is 20.6 Å². The average Bonchev–Trinajstić information content (AvgIpc) is 3.17. The molecule has 0 saturated heterocycles. The predicted octanol–water partition coefficient (Wildman–Crippen LogP) is 1.71. The van der Waals surface area contributed by atoms with Crippen LogP contribution in [0.15, 0.2) is 23.4 Å². The van der Waals surface area contributed by atoms with Gasteiger partial charge in [0.25, 0.3) is 5.82 Å². The first kappa shape index (κ1) is 18.2. The van der Waals surface area contributed by atoms with E-state index in [0.29, 0.717) is 16.2 Å². The summed E-state index contributed by atoms with van der Waals surface area (Å²) in [5.74, 6) is 4.65. The first-order valence-electron chi connectivity index (χ1n) is 7.35. The number of ether oxygens (including phenoxy) is 2. The average molecular weight is 389 g/mol. The second kappa shape index (κ2) is 6.94. The van der Waals surface area contributed by atoms with Crippen molar-refractivity contribution in [1.29, 1.82) is 0 Å². The number of carbonyl (C=O) groups excluding carboxylic acids is 1. The number of hydrogen-bond acceptors (Lipinski definition) is 7. The number of amides is 1. The van der Waals surface area contributed by atoms with Gasteiger partial charge in [0.1, 0.15) is 0 Å². The second-order valence-electron chi connectivity index (χ2n) is 5.36. The van der Waals surface area contributed by atoms with Crippen molar-refractivity contribution in [3.63, 3.8) is 0 Å². The molecule has 2 heterocycles. The Morgan fingerprint density at radius 2 is 2.12 bits per heavy atom. The van der Waals surface area contributed by atoms with Crippen molar-refractivity contribution in [1.82, 2.24) is 20.2 Å². The number of nitrogen functional groups attached to an aromatic ring is 1. The van der Waals surface area contributed by atoms with Gasteiger partial charge in [-0.1, -0.05) is 17.8 Å². The number of rotatable bonds is 5. The minimum Gasteiger partial charge on any atom is -0.454 e. The van der Waals surface area contributed by atoms with Crippen LogP contribution in [0, 0.1) is 0 Å². The molecule has 3 N–H and O–H groups in total. The maximum atomic E-state index is 12.6.